The molecular formula is C22H28N6O. The van der Waals surface area contributed by atoms with Crippen molar-refractivity contribution >= 4 is 28.5 Å². The number of nitrogens with two attached hydrogens (primary N) is 2. The van der Waals surface area contributed by atoms with Crippen LogP contribution in [0.4, 0.5) is 5.69 Å². The largest absolute Gasteiger partial charge is 0.401 e. The average Bonchev–Trinajstić information content (AvgIpc) is 3.51. The summed E-state index contributed by atoms with van der Waals surface area (Å²) in [6, 6.07) is 6.34. The number of benzene rings is 1. The zero-order valence-corrected chi connectivity index (χ0v) is 16.5. The third-order valence-corrected chi connectivity index (χ3v) is 6.32. The van der Waals surface area contributed by atoms with Gasteiger partial charge in [0.15, 0.2) is 0 Å². The third-order valence-electron chi connectivity index (χ3n) is 6.32. The second-order valence-corrected chi connectivity index (χ2v) is 8.61. The fourth-order valence-electron chi connectivity index (χ4n) is 4.16. The highest BCUT2D eigenvalue weighted by molar-refractivity contribution is 6.10. The van der Waals surface area contributed by atoms with Crippen molar-refractivity contribution in [2.75, 3.05) is 24.5 Å². The molecule has 0 bridgehead atoms. The summed E-state index contributed by atoms with van der Waals surface area (Å²) in [5, 5.41) is 9.63. The number of aliphatic hydroxyl groups is 1. The van der Waals surface area contributed by atoms with E-state index >= 15 is 0 Å². The van der Waals surface area contributed by atoms with E-state index in [1.165, 1.54) is 0 Å². The van der Waals surface area contributed by atoms with Crippen LogP contribution in [0.2, 0.25) is 0 Å². The van der Waals surface area contributed by atoms with Gasteiger partial charge in [-0.3, -0.25) is 9.98 Å². The van der Waals surface area contributed by atoms with Crippen LogP contribution < -0.4 is 16.4 Å². The van der Waals surface area contributed by atoms with Crippen molar-refractivity contribution in [2.45, 2.75) is 37.8 Å². The van der Waals surface area contributed by atoms with Crippen molar-refractivity contribution in [2.24, 2.45) is 28.3 Å². The maximum atomic E-state index is 9.63. The Hall–Kier alpha value is -2.51. The van der Waals surface area contributed by atoms with Crippen LogP contribution in [0.5, 0.6) is 0 Å². The molecule has 1 saturated heterocycles. The lowest BCUT2D eigenvalue weighted by molar-refractivity contribution is 0.142. The van der Waals surface area contributed by atoms with Gasteiger partial charge in [0.25, 0.3) is 0 Å². The first-order valence-corrected chi connectivity index (χ1v) is 10.5. The van der Waals surface area contributed by atoms with Crippen LogP contribution in [0.15, 0.2) is 35.1 Å². The molecule has 1 aliphatic heterocycles. The van der Waals surface area contributed by atoms with Gasteiger partial charge in [-0.1, -0.05) is 6.07 Å². The number of aliphatic hydroxyl groups excluding tert-OH is 1. The van der Waals surface area contributed by atoms with Crippen LogP contribution in [0.1, 0.15) is 31.4 Å². The molecule has 0 amide bonds. The normalized spacial score (nSPS) is 25.8. The average molecular weight is 393 g/mol. The number of hydrogen-bond acceptors (Lipinski definition) is 7. The monoisotopic (exact) mass is 392 g/mol. The standard InChI is InChI=1S/C22H28N6O/c23-8-13-6-15(7-13)25-9-17(21(24)14-4-5-14)19-10-26-22-18(27-19)2-1-3-20(22)28-11-16(29)12-28/h1-3,9-10,13-16,29H,4-8,11-12,23-24H2. The van der Waals surface area contributed by atoms with Gasteiger partial charge < -0.3 is 21.5 Å². The molecule has 5 N–H and O–H groups in total. The highest BCUT2D eigenvalue weighted by Crippen LogP contribution is 2.37. The molecule has 2 saturated carbocycles. The number of para-hydroxylation sites is 1. The third kappa shape index (κ3) is 3.60. The summed E-state index contributed by atoms with van der Waals surface area (Å²) < 4.78 is 0. The zero-order valence-electron chi connectivity index (χ0n) is 16.5. The number of allylic oxidation sites excluding steroid dienone is 2. The van der Waals surface area contributed by atoms with E-state index in [0.717, 1.165) is 65.9 Å². The van der Waals surface area contributed by atoms with E-state index in [4.69, 9.17) is 26.4 Å². The number of aliphatic imine (C=N–C) groups is 1. The molecule has 3 fully saturated rings. The minimum absolute atomic E-state index is 0.257. The van der Waals surface area contributed by atoms with Gasteiger partial charge in [-0.15, -0.1) is 0 Å². The number of fused-ring (bicyclic) bond motifs is 1. The summed E-state index contributed by atoms with van der Waals surface area (Å²) in [6.45, 7) is 2.02. The minimum atomic E-state index is -0.257. The van der Waals surface area contributed by atoms with Gasteiger partial charge in [-0.05, 0) is 56.2 Å². The smallest absolute Gasteiger partial charge is 0.112 e. The van der Waals surface area contributed by atoms with Crippen molar-refractivity contribution in [1.82, 2.24) is 9.97 Å². The number of β-amino-alcohol motifs (C(OH)–C–C–N with tert-alkyl or cyclic N) is 1. The molecule has 2 aromatic rings. The van der Waals surface area contributed by atoms with E-state index in [9.17, 15) is 5.11 Å². The number of anilines is 1. The first-order valence-electron chi connectivity index (χ1n) is 10.5. The zero-order chi connectivity index (χ0) is 20.0. The van der Waals surface area contributed by atoms with Gasteiger partial charge in [0, 0.05) is 30.6 Å². The Balaban J connectivity index is 1.46. The summed E-state index contributed by atoms with van der Waals surface area (Å²) in [5.74, 6) is 1.03. The molecule has 7 heteroatoms. The van der Waals surface area contributed by atoms with Crippen molar-refractivity contribution < 1.29 is 5.11 Å². The van der Waals surface area contributed by atoms with Gasteiger partial charge in [-0.25, -0.2) is 4.98 Å². The van der Waals surface area contributed by atoms with E-state index < -0.39 is 0 Å². The van der Waals surface area contributed by atoms with E-state index in [-0.39, 0.29) is 6.10 Å². The van der Waals surface area contributed by atoms with Crippen LogP contribution >= 0.6 is 0 Å². The predicted octanol–water partition coefficient (Wildman–Crippen LogP) is 1.70. The lowest BCUT2D eigenvalue weighted by atomic mass is 9.81. The predicted molar refractivity (Wildman–Crippen MR) is 116 cm³/mol. The molecule has 2 aliphatic carbocycles. The fourth-order valence-corrected chi connectivity index (χ4v) is 4.16. The number of aromatic nitrogens is 2. The van der Waals surface area contributed by atoms with Gasteiger partial charge in [0.2, 0.25) is 0 Å². The molecule has 7 nitrogen and oxygen atoms in total. The molecule has 2 heterocycles. The van der Waals surface area contributed by atoms with Crippen LogP contribution in [-0.2, 0) is 0 Å². The van der Waals surface area contributed by atoms with E-state index in [0.29, 0.717) is 31.0 Å². The van der Waals surface area contributed by atoms with Crippen molar-refractivity contribution in [3.63, 3.8) is 0 Å². The van der Waals surface area contributed by atoms with Crippen LogP contribution in [-0.4, -0.2) is 53.1 Å². The second-order valence-electron chi connectivity index (χ2n) is 8.61. The SMILES string of the molecule is NCC1CC(N=CC(=C(N)C2CC2)c2cnc3c(N4CC(O)C4)cccc3n2)C1. The molecule has 1 aromatic heterocycles. The first-order chi connectivity index (χ1) is 14.1. The molecule has 0 unspecified atom stereocenters. The van der Waals surface area contributed by atoms with Gasteiger partial charge in [0.05, 0.1) is 35.2 Å². The maximum Gasteiger partial charge on any atom is 0.112 e. The molecule has 29 heavy (non-hydrogen) atoms. The molecule has 5 rings (SSSR count). The Morgan fingerprint density at radius 3 is 2.76 bits per heavy atom. The molecule has 152 valence electrons. The number of hydrogen-bond donors (Lipinski definition) is 3. The van der Waals surface area contributed by atoms with E-state index in [2.05, 4.69) is 4.90 Å². The highest BCUT2D eigenvalue weighted by atomic mass is 16.3. The summed E-state index contributed by atoms with van der Waals surface area (Å²) in [7, 11) is 0. The molecule has 0 radical (unpaired) electrons. The molecular weight excluding hydrogens is 364 g/mol. The lowest BCUT2D eigenvalue weighted by Crippen LogP contribution is -2.50. The van der Waals surface area contributed by atoms with Gasteiger partial charge in [-0.2, -0.15) is 0 Å². The number of rotatable bonds is 6. The topological polar surface area (TPSA) is 114 Å². The first kappa shape index (κ1) is 18.5. The Labute approximate surface area is 170 Å². The van der Waals surface area contributed by atoms with Crippen LogP contribution in [0.25, 0.3) is 16.6 Å². The van der Waals surface area contributed by atoms with Crippen LogP contribution in [0, 0.1) is 11.8 Å². The Kier molecular flexibility index (Phi) is 4.72. The Morgan fingerprint density at radius 2 is 2.07 bits per heavy atom. The van der Waals surface area contributed by atoms with E-state index in [1.54, 1.807) is 0 Å². The van der Waals surface area contributed by atoms with Crippen molar-refractivity contribution in [1.29, 1.82) is 0 Å². The van der Waals surface area contributed by atoms with Gasteiger partial charge in [0.1, 0.15) is 5.52 Å². The quantitative estimate of drug-likeness (QED) is 0.645. The lowest BCUT2D eigenvalue weighted by Gasteiger charge is -2.38. The minimum Gasteiger partial charge on any atom is -0.401 e. The molecule has 0 atom stereocenters. The summed E-state index contributed by atoms with van der Waals surface area (Å²) in [6.07, 6.45) is 7.83. The molecule has 0 spiro atoms. The van der Waals surface area contributed by atoms with Crippen LogP contribution in [0.3, 0.4) is 0 Å². The molecule has 1 aromatic carbocycles. The fraction of sp³-hybridized carbons (Fsp3) is 0.500. The Bertz CT molecular complexity index is 970. The summed E-state index contributed by atoms with van der Waals surface area (Å²) in [5.41, 5.74) is 17.5. The summed E-state index contributed by atoms with van der Waals surface area (Å²) >= 11 is 0. The van der Waals surface area contributed by atoms with Gasteiger partial charge >= 0.3 is 0 Å². The summed E-state index contributed by atoms with van der Waals surface area (Å²) in [4.78, 5) is 16.5. The number of nitrogens with zero attached hydrogens (tertiary/aromatic N) is 4. The van der Waals surface area contributed by atoms with E-state index in [1.807, 2.05) is 30.6 Å². The van der Waals surface area contributed by atoms with Crippen molar-refractivity contribution in [3.8, 4) is 0 Å². The second kappa shape index (κ2) is 7.39. The Morgan fingerprint density at radius 1 is 1.28 bits per heavy atom. The maximum absolute atomic E-state index is 9.63. The highest BCUT2D eigenvalue weighted by Gasteiger charge is 2.30. The molecule has 3 aliphatic rings. The van der Waals surface area contributed by atoms with Crippen molar-refractivity contribution in [3.05, 3.63) is 35.8 Å².